The average molecular weight is 288 g/mol. The molecule has 2 nitrogen and oxygen atoms in total. The van der Waals surface area contributed by atoms with E-state index < -0.39 is 5.38 Å². The average Bonchev–Trinajstić information content (AvgIpc) is 2.49. The topological polar surface area (TPSA) is 29.1 Å². The molecular formula is C17H18ClNO. The predicted octanol–water partition coefficient (Wildman–Crippen LogP) is 4.48. The number of hydrogen-bond donors (Lipinski definition) is 1. The van der Waals surface area contributed by atoms with E-state index in [1.54, 1.807) is 0 Å². The Morgan fingerprint density at radius 1 is 1.15 bits per heavy atom. The summed E-state index contributed by atoms with van der Waals surface area (Å²) in [4.78, 5) is 12.3. The second-order valence-electron chi connectivity index (χ2n) is 4.73. The van der Waals surface area contributed by atoms with E-state index in [4.69, 9.17) is 11.6 Å². The first-order valence-electron chi connectivity index (χ1n) is 6.72. The number of rotatable bonds is 4. The summed E-state index contributed by atoms with van der Waals surface area (Å²) in [5.41, 5.74) is 3.85. The van der Waals surface area contributed by atoms with Crippen molar-refractivity contribution in [2.24, 2.45) is 0 Å². The van der Waals surface area contributed by atoms with Crippen LogP contribution in [0, 0.1) is 6.92 Å². The molecule has 1 atom stereocenters. The third-order valence-electron chi connectivity index (χ3n) is 3.31. The minimum Gasteiger partial charge on any atom is -0.324 e. The summed E-state index contributed by atoms with van der Waals surface area (Å²) in [6.45, 7) is 4.06. The van der Waals surface area contributed by atoms with Gasteiger partial charge in [0.1, 0.15) is 5.38 Å². The maximum Gasteiger partial charge on any atom is 0.246 e. The lowest BCUT2D eigenvalue weighted by atomic mass is 10.1. The lowest BCUT2D eigenvalue weighted by Gasteiger charge is -2.15. The van der Waals surface area contributed by atoms with E-state index in [0.29, 0.717) is 0 Å². The van der Waals surface area contributed by atoms with E-state index in [0.717, 1.165) is 28.8 Å². The zero-order valence-electron chi connectivity index (χ0n) is 11.7. The van der Waals surface area contributed by atoms with Gasteiger partial charge in [-0.1, -0.05) is 55.5 Å². The first-order chi connectivity index (χ1) is 9.63. The van der Waals surface area contributed by atoms with E-state index in [9.17, 15) is 4.79 Å². The van der Waals surface area contributed by atoms with Crippen LogP contribution in [-0.4, -0.2) is 5.91 Å². The molecule has 1 amide bonds. The van der Waals surface area contributed by atoms with Crippen LogP contribution in [-0.2, 0) is 11.2 Å². The van der Waals surface area contributed by atoms with Crippen LogP contribution in [0.4, 0.5) is 5.69 Å². The molecular weight excluding hydrogens is 270 g/mol. The number of alkyl halides is 1. The van der Waals surface area contributed by atoms with Crippen molar-refractivity contribution < 1.29 is 4.79 Å². The van der Waals surface area contributed by atoms with E-state index in [1.165, 1.54) is 0 Å². The molecule has 1 N–H and O–H groups in total. The van der Waals surface area contributed by atoms with Gasteiger partial charge in [0.15, 0.2) is 0 Å². The summed E-state index contributed by atoms with van der Waals surface area (Å²) in [5.74, 6) is -0.193. The van der Waals surface area contributed by atoms with Crippen LogP contribution >= 0.6 is 11.6 Å². The van der Waals surface area contributed by atoms with E-state index >= 15 is 0 Å². The Balaban J connectivity index is 2.20. The minimum absolute atomic E-state index is 0.193. The van der Waals surface area contributed by atoms with Crippen molar-refractivity contribution in [2.75, 3.05) is 5.32 Å². The van der Waals surface area contributed by atoms with Gasteiger partial charge in [-0.15, -0.1) is 11.6 Å². The maximum absolute atomic E-state index is 12.3. The smallest absolute Gasteiger partial charge is 0.246 e. The van der Waals surface area contributed by atoms with Gasteiger partial charge in [-0.3, -0.25) is 4.79 Å². The quantitative estimate of drug-likeness (QED) is 0.826. The molecule has 0 radical (unpaired) electrons. The number of para-hydroxylation sites is 1. The first kappa shape index (κ1) is 14.6. The van der Waals surface area contributed by atoms with Crippen LogP contribution in [0.1, 0.15) is 29.0 Å². The standard InChI is InChI=1S/C17H18ClNO/c1-3-13-11-7-8-12(2)16(13)19-17(20)15(18)14-9-5-4-6-10-14/h4-11,15H,3H2,1-2H3,(H,19,20)/t15-/m1/s1. The van der Waals surface area contributed by atoms with Crippen molar-refractivity contribution in [3.63, 3.8) is 0 Å². The monoisotopic (exact) mass is 287 g/mol. The van der Waals surface area contributed by atoms with Crippen LogP contribution in [0.3, 0.4) is 0 Å². The van der Waals surface area contributed by atoms with Gasteiger partial charge in [0.25, 0.3) is 0 Å². The molecule has 0 heterocycles. The Hall–Kier alpha value is -1.80. The van der Waals surface area contributed by atoms with Gasteiger partial charge in [-0.2, -0.15) is 0 Å². The molecule has 0 unspecified atom stereocenters. The molecule has 3 heteroatoms. The highest BCUT2D eigenvalue weighted by molar-refractivity contribution is 6.32. The number of carbonyl (C=O) groups excluding carboxylic acids is 1. The molecule has 0 spiro atoms. The molecule has 2 rings (SSSR count). The lowest BCUT2D eigenvalue weighted by molar-refractivity contribution is -0.116. The fraction of sp³-hybridized carbons (Fsp3) is 0.235. The first-order valence-corrected chi connectivity index (χ1v) is 7.15. The zero-order valence-corrected chi connectivity index (χ0v) is 12.4. The highest BCUT2D eigenvalue weighted by Gasteiger charge is 2.18. The Kier molecular flexibility index (Phi) is 4.80. The second-order valence-corrected chi connectivity index (χ2v) is 5.16. The van der Waals surface area contributed by atoms with Gasteiger partial charge in [0, 0.05) is 5.69 Å². The molecule has 0 aromatic heterocycles. The van der Waals surface area contributed by atoms with Gasteiger partial charge in [-0.25, -0.2) is 0 Å². The molecule has 0 fully saturated rings. The van der Waals surface area contributed by atoms with E-state index in [2.05, 4.69) is 12.2 Å². The SMILES string of the molecule is CCc1cccc(C)c1NC(=O)[C@H](Cl)c1ccccc1. The molecule has 0 saturated heterocycles. The van der Waals surface area contributed by atoms with Crippen LogP contribution in [0.5, 0.6) is 0 Å². The van der Waals surface area contributed by atoms with Crippen LogP contribution < -0.4 is 5.32 Å². The summed E-state index contributed by atoms with van der Waals surface area (Å²) >= 11 is 6.24. The highest BCUT2D eigenvalue weighted by Crippen LogP contribution is 2.26. The Labute approximate surface area is 124 Å². The van der Waals surface area contributed by atoms with Crippen molar-refractivity contribution in [2.45, 2.75) is 25.6 Å². The summed E-state index contributed by atoms with van der Waals surface area (Å²) in [6, 6.07) is 15.4. The Bertz CT molecular complexity index is 595. The van der Waals surface area contributed by atoms with Gasteiger partial charge < -0.3 is 5.32 Å². The van der Waals surface area contributed by atoms with Crippen molar-refractivity contribution in [1.29, 1.82) is 0 Å². The van der Waals surface area contributed by atoms with E-state index in [-0.39, 0.29) is 5.91 Å². The zero-order chi connectivity index (χ0) is 14.5. The fourth-order valence-electron chi connectivity index (χ4n) is 2.16. The fourth-order valence-corrected chi connectivity index (χ4v) is 2.36. The Morgan fingerprint density at radius 2 is 1.85 bits per heavy atom. The number of hydrogen-bond acceptors (Lipinski definition) is 1. The lowest BCUT2D eigenvalue weighted by Crippen LogP contribution is -2.19. The van der Waals surface area contributed by atoms with Gasteiger partial charge in [-0.05, 0) is 30.0 Å². The van der Waals surface area contributed by atoms with Crippen LogP contribution in [0.2, 0.25) is 0 Å². The van der Waals surface area contributed by atoms with Gasteiger partial charge in [0.2, 0.25) is 5.91 Å². The maximum atomic E-state index is 12.3. The third-order valence-corrected chi connectivity index (χ3v) is 3.76. The molecule has 0 aliphatic rings. The summed E-state index contributed by atoms with van der Waals surface area (Å²) in [5, 5.41) is 2.28. The Morgan fingerprint density at radius 3 is 2.50 bits per heavy atom. The van der Waals surface area contributed by atoms with Crippen molar-refractivity contribution in [3.05, 3.63) is 65.2 Å². The van der Waals surface area contributed by atoms with Gasteiger partial charge in [0.05, 0.1) is 0 Å². The van der Waals surface area contributed by atoms with Crippen molar-refractivity contribution >= 4 is 23.2 Å². The molecule has 104 valence electrons. The normalized spacial score (nSPS) is 11.9. The largest absolute Gasteiger partial charge is 0.324 e. The number of nitrogens with one attached hydrogen (secondary N) is 1. The number of aryl methyl sites for hydroxylation is 2. The molecule has 0 aliphatic carbocycles. The molecule has 0 aliphatic heterocycles. The molecule has 2 aromatic carbocycles. The van der Waals surface area contributed by atoms with Gasteiger partial charge >= 0.3 is 0 Å². The number of amides is 1. The summed E-state index contributed by atoms with van der Waals surface area (Å²) in [7, 11) is 0. The molecule has 2 aromatic rings. The summed E-state index contributed by atoms with van der Waals surface area (Å²) in [6.07, 6.45) is 0.871. The van der Waals surface area contributed by atoms with E-state index in [1.807, 2.05) is 55.5 Å². The second kappa shape index (κ2) is 6.58. The number of benzene rings is 2. The molecule has 20 heavy (non-hydrogen) atoms. The van der Waals surface area contributed by atoms with Crippen LogP contribution in [0.25, 0.3) is 0 Å². The number of halogens is 1. The number of carbonyl (C=O) groups is 1. The minimum atomic E-state index is -0.680. The van der Waals surface area contributed by atoms with Crippen molar-refractivity contribution in [1.82, 2.24) is 0 Å². The predicted molar refractivity (Wildman–Crippen MR) is 84.2 cm³/mol. The molecule has 0 bridgehead atoms. The number of anilines is 1. The van der Waals surface area contributed by atoms with Crippen molar-refractivity contribution in [3.8, 4) is 0 Å². The van der Waals surface area contributed by atoms with Crippen LogP contribution in [0.15, 0.2) is 48.5 Å². The third kappa shape index (κ3) is 3.20. The molecule has 0 saturated carbocycles. The highest BCUT2D eigenvalue weighted by atomic mass is 35.5. The summed E-state index contributed by atoms with van der Waals surface area (Å²) < 4.78 is 0.